The zero-order valence-electron chi connectivity index (χ0n) is 34.6. The van der Waals surface area contributed by atoms with Crippen LogP contribution in [0.1, 0.15) is 44.5 Å². The van der Waals surface area contributed by atoms with Gasteiger partial charge in [0.25, 0.3) is 0 Å². The molecule has 0 unspecified atom stereocenters. The Labute approximate surface area is 371 Å². The summed E-state index contributed by atoms with van der Waals surface area (Å²) >= 11 is 0. The molecular weight excluding hydrogens is 781 g/mol. The third-order valence-corrected chi connectivity index (χ3v) is 13.6. The van der Waals surface area contributed by atoms with Crippen molar-refractivity contribution in [1.82, 2.24) is 19.9 Å². The molecule has 2 aliphatic heterocycles. The Morgan fingerprint density at radius 1 is 0.297 bits per heavy atom. The summed E-state index contributed by atoms with van der Waals surface area (Å²) in [6.45, 7) is 0. The minimum Gasteiger partial charge on any atom is -0.310 e. The summed E-state index contributed by atoms with van der Waals surface area (Å²) in [6, 6.07) is 71.2. The van der Waals surface area contributed by atoms with Crippen LogP contribution in [0.4, 0.5) is 34.1 Å². The van der Waals surface area contributed by atoms with E-state index in [2.05, 4.69) is 189 Å². The van der Waals surface area contributed by atoms with Crippen molar-refractivity contribution in [2.75, 3.05) is 9.80 Å². The summed E-state index contributed by atoms with van der Waals surface area (Å²) < 4.78 is 0. The first kappa shape index (κ1) is 36.2. The molecule has 0 amide bonds. The highest BCUT2D eigenvalue weighted by Gasteiger charge is 2.58. The number of para-hydroxylation sites is 4. The Balaban J connectivity index is 1.12. The fourth-order valence-corrected chi connectivity index (χ4v) is 11.2. The van der Waals surface area contributed by atoms with Gasteiger partial charge in [-0.15, -0.1) is 0 Å². The summed E-state index contributed by atoms with van der Waals surface area (Å²) in [4.78, 5) is 23.3. The largest absolute Gasteiger partial charge is 0.310 e. The van der Waals surface area contributed by atoms with E-state index in [1.165, 1.54) is 44.5 Å². The zero-order valence-corrected chi connectivity index (χ0v) is 34.6. The van der Waals surface area contributed by atoms with E-state index >= 15 is 0 Å². The highest BCUT2D eigenvalue weighted by atomic mass is 15.2. The van der Waals surface area contributed by atoms with Gasteiger partial charge in [-0.1, -0.05) is 121 Å². The molecule has 300 valence electrons. The maximum Gasteiger partial charge on any atom is 0.0748 e. The first-order chi connectivity index (χ1) is 31.8. The van der Waals surface area contributed by atoms with Crippen molar-refractivity contribution in [1.29, 1.82) is 0 Å². The lowest BCUT2D eigenvalue weighted by molar-refractivity contribution is 0.607. The quantitative estimate of drug-likeness (QED) is 0.176. The minimum atomic E-state index is -0.693. The van der Waals surface area contributed by atoms with E-state index in [0.717, 1.165) is 56.6 Å². The zero-order chi connectivity index (χ0) is 42.2. The van der Waals surface area contributed by atoms with E-state index in [1.807, 2.05) is 67.5 Å². The smallest absolute Gasteiger partial charge is 0.0748 e. The summed E-state index contributed by atoms with van der Waals surface area (Å²) in [5.41, 5.74) is 18.9. The number of hydrogen-bond donors (Lipinski definition) is 0. The molecule has 0 saturated heterocycles. The second-order valence-corrected chi connectivity index (χ2v) is 16.6. The van der Waals surface area contributed by atoms with Crippen molar-refractivity contribution < 1.29 is 0 Å². The van der Waals surface area contributed by atoms with Crippen molar-refractivity contribution in [3.8, 4) is 22.5 Å². The summed E-state index contributed by atoms with van der Waals surface area (Å²) in [6.07, 6.45) is 11.1. The van der Waals surface area contributed by atoms with Crippen LogP contribution in [0.3, 0.4) is 0 Å². The molecule has 6 heteroatoms. The van der Waals surface area contributed by atoms with Gasteiger partial charge in [-0.2, -0.15) is 0 Å². The number of pyridine rings is 4. The monoisotopic (exact) mass is 818 g/mol. The van der Waals surface area contributed by atoms with E-state index in [4.69, 9.17) is 4.98 Å². The molecule has 13 rings (SSSR count). The first-order valence-electron chi connectivity index (χ1n) is 21.7. The van der Waals surface area contributed by atoms with Gasteiger partial charge in [-0.05, 0) is 117 Å². The fourth-order valence-electron chi connectivity index (χ4n) is 11.2. The van der Waals surface area contributed by atoms with Crippen LogP contribution in [0.2, 0.25) is 0 Å². The standard InChI is InChI=1S/C58H38N6/c1-3-17-45-43(15-1)57(47-19-5-9-23-53(47)63(41-14-13-31-61-38-41)54-24-10-6-20-48(54)57)44-16-2-4-18-46(44)58(45)49-21-7-11-25-55(49)64(56-26-12-8-22-50(56)58)42-36-51(39-27-32-59-33-28-39)62-52(37-42)40-29-34-60-35-30-40/h1-38H. The van der Waals surface area contributed by atoms with Crippen LogP contribution in [0.15, 0.2) is 231 Å². The van der Waals surface area contributed by atoms with Gasteiger partial charge in [-0.3, -0.25) is 15.0 Å². The molecule has 0 bridgehead atoms. The first-order valence-corrected chi connectivity index (χ1v) is 21.7. The molecule has 0 N–H and O–H groups in total. The molecule has 0 saturated carbocycles. The number of rotatable bonds is 4. The molecule has 6 aromatic carbocycles. The van der Waals surface area contributed by atoms with Gasteiger partial charge in [0.2, 0.25) is 0 Å². The number of nitrogens with zero attached hydrogens (tertiary/aromatic N) is 6. The molecule has 4 aromatic heterocycles. The molecule has 10 aromatic rings. The SMILES string of the molecule is c1cncc(N2c3ccccc3C3(c4ccccc42)c2ccccc2C2(c4ccccc4N(c4cc(-c5ccncc5)nc(-c5ccncc5)c4)c4ccccc42)c2ccccc23)c1. The highest BCUT2D eigenvalue weighted by Crippen LogP contribution is 2.67. The Hall–Kier alpha value is -8.48. The van der Waals surface area contributed by atoms with Gasteiger partial charge >= 0.3 is 0 Å². The van der Waals surface area contributed by atoms with Crippen LogP contribution in [-0.2, 0) is 10.8 Å². The van der Waals surface area contributed by atoms with Crippen molar-refractivity contribution in [3.05, 3.63) is 276 Å². The van der Waals surface area contributed by atoms with Crippen molar-refractivity contribution in [3.63, 3.8) is 0 Å². The topological polar surface area (TPSA) is 58.0 Å². The maximum atomic E-state index is 5.24. The maximum absolute atomic E-state index is 5.24. The van der Waals surface area contributed by atoms with Gasteiger partial charge in [0, 0.05) is 42.1 Å². The minimum absolute atomic E-state index is 0.657. The molecule has 0 radical (unpaired) electrons. The van der Waals surface area contributed by atoms with E-state index in [-0.39, 0.29) is 0 Å². The predicted octanol–water partition coefficient (Wildman–Crippen LogP) is 13.2. The van der Waals surface area contributed by atoms with E-state index in [0.29, 0.717) is 0 Å². The van der Waals surface area contributed by atoms with Crippen molar-refractivity contribution in [2.24, 2.45) is 0 Å². The summed E-state index contributed by atoms with van der Waals surface area (Å²) in [5, 5.41) is 0. The lowest BCUT2D eigenvalue weighted by Crippen LogP contribution is -2.49. The van der Waals surface area contributed by atoms with Gasteiger partial charge in [0.1, 0.15) is 0 Å². The molecule has 64 heavy (non-hydrogen) atoms. The van der Waals surface area contributed by atoms with Crippen LogP contribution < -0.4 is 9.80 Å². The third kappa shape index (κ3) is 4.90. The van der Waals surface area contributed by atoms with Crippen LogP contribution in [0, 0.1) is 0 Å². The average molecular weight is 819 g/mol. The molecule has 3 aliphatic rings. The lowest BCUT2D eigenvalue weighted by Gasteiger charge is -2.56. The molecule has 6 heterocycles. The number of fused-ring (bicyclic) bond motifs is 14. The van der Waals surface area contributed by atoms with Crippen LogP contribution >= 0.6 is 0 Å². The van der Waals surface area contributed by atoms with E-state index in [1.54, 1.807) is 0 Å². The van der Waals surface area contributed by atoms with Crippen LogP contribution in [0.5, 0.6) is 0 Å². The molecule has 6 nitrogen and oxygen atoms in total. The number of benzene rings is 6. The van der Waals surface area contributed by atoms with Gasteiger partial charge in [0.15, 0.2) is 0 Å². The number of aromatic nitrogens is 4. The third-order valence-electron chi connectivity index (χ3n) is 13.6. The number of hydrogen-bond acceptors (Lipinski definition) is 6. The lowest BCUT2D eigenvalue weighted by atomic mass is 9.49. The Morgan fingerprint density at radius 3 is 1.00 bits per heavy atom. The average Bonchev–Trinajstić information content (AvgIpc) is 3.38. The Morgan fingerprint density at radius 2 is 0.641 bits per heavy atom. The Bertz CT molecular complexity index is 3220. The van der Waals surface area contributed by atoms with Gasteiger partial charge < -0.3 is 9.80 Å². The Kier molecular flexibility index (Phi) is 7.93. The van der Waals surface area contributed by atoms with E-state index in [9.17, 15) is 0 Å². The van der Waals surface area contributed by atoms with Gasteiger partial charge in [0.05, 0.1) is 62.5 Å². The molecule has 0 atom stereocenters. The second kappa shape index (κ2) is 14.0. The van der Waals surface area contributed by atoms with Gasteiger partial charge in [-0.25, -0.2) is 4.98 Å². The fraction of sp³-hybridized carbons (Fsp3) is 0.0345. The number of anilines is 6. The molecule has 2 spiro atoms. The predicted molar refractivity (Wildman–Crippen MR) is 255 cm³/mol. The molecule has 1 aliphatic carbocycles. The van der Waals surface area contributed by atoms with E-state index < -0.39 is 10.8 Å². The normalized spacial score (nSPS) is 14.4. The summed E-state index contributed by atoms with van der Waals surface area (Å²) in [7, 11) is 0. The van der Waals surface area contributed by atoms with Crippen LogP contribution in [0.25, 0.3) is 22.5 Å². The van der Waals surface area contributed by atoms with Crippen molar-refractivity contribution >= 4 is 34.1 Å². The molecular formula is C58H38N6. The van der Waals surface area contributed by atoms with Crippen LogP contribution in [-0.4, -0.2) is 19.9 Å². The second-order valence-electron chi connectivity index (χ2n) is 16.6. The van der Waals surface area contributed by atoms with Crippen molar-refractivity contribution in [2.45, 2.75) is 10.8 Å². The molecule has 0 fully saturated rings. The summed E-state index contributed by atoms with van der Waals surface area (Å²) in [5.74, 6) is 0. The highest BCUT2D eigenvalue weighted by molar-refractivity contribution is 5.96.